The number of nitrogens with one attached hydrogen (secondary N) is 1. The molecule has 0 aromatic heterocycles. The summed E-state index contributed by atoms with van der Waals surface area (Å²) in [5.74, 6) is -1.56. The van der Waals surface area contributed by atoms with Gasteiger partial charge in [0.1, 0.15) is 5.82 Å². The number of anilines is 1. The van der Waals surface area contributed by atoms with Crippen LogP contribution in [0.1, 0.15) is 36.4 Å². The van der Waals surface area contributed by atoms with Crippen molar-refractivity contribution in [2.24, 2.45) is 0 Å². The molecular weight excluding hydrogens is 407 g/mol. The average Bonchev–Trinajstić information content (AvgIpc) is 2.71. The largest absolute Gasteiger partial charge is 0.481 e. The first-order valence-corrected chi connectivity index (χ1v) is 10.6. The lowest BCUT2D eigenvalue weighted by molar-refractivity contribution is -0.137. The van der Waals surface area contributed by atoms with E-state index in [0.717, 1.165) is 12.1 Å². The Morgan fingerprint density at radius 1 is 1.25 bits per heavy atom. The molecule has 1 unspecified atom stereocenters. The molecule has 0 amide bonds. The summed E-state index contributed by atoms with van der Waals surface area (Å²) < 4.78 is 41.6. The van der Waals surface area contributed by atoms with Gasteiger partial charge < -0.3 is 10.4 Å². The van der Waals surface area contributed by atoms with Gasteiger partial charge in [0, 0.05) is 13.5 Å². The van der Waals surface area contributed by atoms with Gasteiger partial charge >= 0.3 is 5.97 Å². The van der Waals surface area contributed by atoms with Crippen molar-refractivity contribution in [2.75, 3.05) is 17.9 Å². The van der Waals surface area contributed by atoms with E-state index in [4.69, 9.17) is 16.7 Å². The van der Waals surface area contributed by atoms with Crippen molar-refractivity contribution in [3.63, 3.8) is 0 Å². The lowest BCUT2D eigenvalue weighted by Gasteiger charge is -2.22. The summed E-state index contributed by atoms with van der Waals surface area (Å²) in [6, 6.07) is 8.72. The van der Waals surface area contributed by atoms with Crippen LogP contribution >= 0.6 is 11.6 Å². The van der Waals surface area contributed by atoms with E-state index < -0.39 is 27.9 Å². The van der Waals surface area contributed by atoms with Gasteiger partial charge in [-0.25, -0.2) is 12.8 Å². The summed E-state index contributed by atoms with van der Waals surface area (Å²) in [6.45, 7) is 0.444. The van der Waals surface area contributed by atoms with Crippen molar-refractivity contribution in [3.8, 4) is 0 Å². The highest BCUT2D eigenvalue weighted by Gasteiger charge is 2.35. The predicted molar refractivity (Wildman–Crippen MR) is 105 cm³/mol. The third-order valence-electron chi connectivity index (χ3n) is 4.76. The summed E-state index contributed by atoms with van der Waals surface area (Å²) in [6.07, 6.45) is 1.12. The number of carboxylic acids is 1. The van der Waals surface area contributed by atoms with Gasteiger partial charge in [-0.3, -0.25) is 9.10 Å². The zero-order chi connectivity index (χ0) is 20.5. The van der Waals surface area contributed by atoms with Crippen LogP contribution in [0.25, 0.3) is 0 Å². The predicted octanol–water partition coefficient (Wildman–Crippen LogP) is 3.55. The highest BCUT2D eigenvalue weighted by Crippen LogP contribution is 2.41. The molecule has 6 nitrogen and oxygen atoms in total. The number of unbranched alkanes of at least 4 members (excludes halogenated alkanes) is 1. The van der Waals surface area contributed by atoms with Crippen LogP contribution in [-0.4, -0.2) is 33.1 Å². The molecule has 0 saturated carbocycles. The summed E-state index contributed by atoms with van der Waals surface area (Å²) >= 11 is 5.87. The minimum absolute atomic E-state index is 0.0550. The Morgan fingerprint density at radius 3 is 2.68 bits per heavy atom. The lowest BCUT2D eigenvalue weighted by Crippen LogP contribution is -2.26. The molecule has 1 heterocycles. The maximum Gasteiger partial charge on any atom is 0.303 e. The Bertz CT molecular complexity index is 1010. The molecule has 2 aromatic rings. The molecule has 1 aliphatic rings. The van der Waals surface area contributed by atoms with E-state index in [9.17, 15) is 17.6 Å². The van der Waals surface area contributed by atoms with Crippen molar-refractivity contribution in [3.05, 3.63) is 58.4 Å². The average molecular weight is 427 g/mol. The van der Waals surface area contributed by atoms with Gasteiger partial charge in [0.05, 0.1) is 21.6 Å². The SMILES string of the molecule is CN1c2ccccc2C(NCCCCC(=O)O)c2cc(F)c(Cl)cc2S1(=O)=O. The summed E-state index contributed by atoms with van der Waals surface area (Å²) in [4.78, 5) is 10.6. The topological polar surface area (TPSA) is 86.7 Å². The fourth-order valence-corrected chi connectivity index (χ4v) is 5.01. The van der Waals surface area contributed by atoms with Crippen LogP contribution in [0.3, 0.4) is 0 Å². The molecule has 2 aromatic carbocycles. The van der Waals surface area contributed by atoms with Crippen LogP contribution < -0.4 is 9.62 Å². The number of hydrogen-bond acceptors (Lipinski definition) is 4. The summed E-state index contributed by atoms with van der Waals surface area (Å²) in [7, 11) is -2.48. The molecule has 1 atom stereocenters. The van der Waals surface area contributed by atoms with Gasteiger partial charge in [-0.2, -0.15) is 0 Å². The van der Waals surface area contributed by atoms with E-state index in [0.29, 0.717) is 30.6 Å². The second kappa shape index (κ2) is 8.06. The lowest BCUT2D eigenvalue weighted by atomic mass is 9.96. The molecule has 0 bridgehead atoms. The molecule has 28 heavy (non-hydrogen) atoms. The van der Waals surface area contributed by atoms with Crippen LogP contribution in [0.15, 0.2) is 41.3 Å². The maximum atomic E-state index is 14.2. The number of sulfonamides is 1. The number of hydrogen-bond donors (Lipinski definition) is 2. The number of benzene rings is 2. The Balaban J connectivity index is 2.06. The smallest absolute Gasteiger partial charge is 0.303 e. The van der Waals surface area contributed by atoms with Crippen LogP contribution in [0.5, 0.6) is 0 Å². The van der Waals surface area contributed by atoms with Crippen molar-refractivity contribution in [2.45, 2.75) is 30.2 Å². The first-order chi connectivity index (χ1) is 13.2. The Hall–Kier alpha value is -2.16. The number of rotatable bonds is 6. The van der Waals surface area contributed by atoms with E-state index in [2.05, 4.69) is 5.32 Å². The highest BCUT2D eigenvalue weighted by molar-refractivity contribution is 7.92. The van der Waals surface area contributed by atoms with Crippen molar-refractivity contribution < 1.29 is 22.7 Å². The molecule has 0 spiro atoms. The van der Waals surface area contributed by atoms with E-state index in [-0.39, 0.29) is 21.9 Å². The molecule has 0 fully saturated rings. The second-order valence-corrected chi connectivity index (χ2v) is 8.92. The molecule has 0 saturated heterocycles. The monoisotopic (exact) mass is 426 g/mol. The Morgan fingerprint density at radius 2 is 1.96 bits per heavy atom. The van der Waals surface area contributed by atoms with Gasteiger partial charge in [0.25, 0.3) is 10.0 Å². The molecule has 2 N–H and O–H groups in total. The Labute approximate surface area is 168 Å². The second-order valence-electron chi connectivity index (χ2n) is 6.57. The maximum absolute atomic E-state index is 14.2. The summed E-state index contributed by atoms with van der Waals surface area (Å²) in [5.41, 5.74) is 1.45. The van der Waals surface area contributed by atoms with Gasteiger partial charge in [0.2, 0.25) is 0 Å². The minimum atomic E-state index is -3.92. The molecule has 150 valence electrons. The fourth-order valence-electron chi connectivity index (χ4n) is 3.32. The van der Waals surface area contributed by atoms with E-state index in [1.807, 2.05) is 0 Å². The molecular formula is C19H20ClFN2O4S. The van der Waals surface area contributed by atoms with Crippen molar-refractivity contribution >= 4 is 33.3 Å². The molecule has 1 aliphatic heterocycles. The number of nitrogens with zero attached hydrogens (tertiary/aromatic N) is 1. The van der Waals surface area contributed by atoms with Crippen molar-refractivity contribution in [1.29, 1.82) is 0 Å². The molecule has 0 radical (unpaired) electrons. The van der Waals surface area contributed by atoms with Gasteiger partial charge in [-0.15, -0.1) is 0 Å². The molecule has 9 heteroatoms. The first-order valence-electron chi connectivity index (χ1n) is 8.75. The van der Waals surface area contributed by atoms with E-state index >= 15 is 0 Å². The molecule has 3 rings (SSSR count). The summed E-state index contributed by atoms with van der Waals surface area (Å²) in [5, 5.41) is 11.8. The van der Waals surface area contributed by atoms with E-state index in [1.54, 1.807) is 24.3 Å². The fraction of sp³-hybridized carbons (Fsp3) is 0.316. The third-order valence-corrected chi connectivity index (χ3v) is 6.87. The van der Waals surface area contributed by atoms with Crippen LogP contribution in [0.2, 0.25) is 5.02 Å². The normalized spacial score (nSPS) is 17.5. The zero-order valence-electron chi connectivity index (χ0n) is 15.2. The van der Waals surface area contributed by atoms with Gasteiger partial charge in [0.15, 0.2) is 0 Å². The molecule has 0 aliphatic carbocycles. The minimum Gasteiger partial charge on any atom is -0.481 e. The number of halogens is 2. The van der Waals surface area contributed by atoms with E-state index in [1.165, 1.54) is 11.4 Å². The zero-order valence-corrected chi connectivity index (χ0v) is 16.7. The van der Waals surface area contributed by atoms with Gasteiger partial charge in [-0.1, -0.05) is 29.8 Å². The van der Waals surface area contributed by atoms with Crippen LogP contribution in [-0.2, 0) is 14.8 Å². The number of para-hydroxylation sites is 1. The number of fused-ring (bicyclic) bond motifs is 2. The van der Waals surface area contributed by atoms with Crippen LogP contribution in [0, 0.1) is 5.82 Å². The number of aliphatic carboxylic acids is 1. The number of carboxylic acid groups (broad SMARTS) is 1. The van der Waals surface area contributed by atoms with Crippen LogP contribution in [0.4, 0.5) is 10.1 Å². The number of carbonyl (C=O) groups is 1. The standard InChI is InChI=1S/C19H20ClFN2O4S/c1-23-16-7-3-2-6-12(16)19(22-9-5-4-8-18(24)25)13-10-15(21)14(20)11-17(13)28(23,26)27/h2-3,6-7,10-11,19,22H,4-5,8-9H2,1H3,(H,24,25). The van der Waals surface area contributed by atoms with Gasteiger partial charge in [-0.05, 0) is 48.7 Å². The highest BCUT2D eigenvalue weighted by atomic mass is 35.5. The third kappa shape index (κ3) is 3.85. The quantitative estimate of drug-likeness (QED) is 0.690. The first kappa shape index (κ1) is 20.6. The Kier molecular flexibility index (Phi) is 5.92. The van der Waals surface area contributed by atoms with Crippen molar-refractivity contribution in [1.82, 2.24) is 5.32 Å².